The fourth-order valence-corrected chi connectivity index (χ4v) is 5.90. The molecule has 10 heteroatoms. The number of anilines is 1. The third kappa shape index (κ3) is 3.51. The van der Waals surface area contributed by atoms with Crippen LogP contribution in [0.1, 0.15) is 38.5 Å². The van der Waals surface area contributed by atoms with Crippen LogP contribution in [-0.2, 0) is 31.2 Å². The van der Waals surface area contributed by atoms with Gasteiger partial charge in [0.25, 0.3) is 5.56 Å². The fourth-order valence-electron chi connectivity index (χ4n) is 3.93. The Morgan fingerprint density at radius 1 is 1.26 bits per heavy atom. The van der Waals surface area contributed by atoms with Crippen LogP contribution in [0.15, 0.2) is 34.8 Å². The summed E-state index contributed by atoms with van der Waals surface area (Å²) in [6.07, 6.45) is 6.68. The van der Waals surface area contributed by atoms with E-state index in [0.29, 0.717) is 26.5 Å². The second kappa shape index (κ2) is 7.86. The molecule has 4 aromatic heterocycles. The van der Waals surface area contributed by atoms with Crippen molar-refractivity contribution in [2.45, 2.75) is 32.2 Å². The van der Waals surface area contributed by atoms with E-state index >= 15 is 0 Å². The minimum absolute atomic E-state index is 0.0553. The highest BCUT2D eigenvalue weighted by Gasteiger charge is 2.27. The molecule has 0 saturated carbocycles. The summed E-state index contributed by atoms with van der Waals surface area (Å²) in [4.78, 5) is 44.7. The summed E-state index contributed by atoms with van der Waals surface area (Å²) >= 11 is 2.87. The average Bonchev–Trinajstić information content (AvgIpc) is 3.49. The van der Waals surface area contributed by atoms with Gasteiger partial charge in [-0.2, -0.15) is 5.10 Å². The van der Waals surface area contributed by atoms with Crippen molar-refractivity contribution in [2.24, 2.45) is 7.05 Å². The topological polar surface area (TPSA) is 98.9 Å². The zero-order valence-electron chi connectivity index (χ0n) is 16.8. The van der Waals surface area contributed by atoms with Crippen LogP contribution in [0.2, 0.25) is 0 Å². The maximum absolute atomic E-state index is 13.2. The number of nitrogens with one attached hydrogen (secondary N) is 1. The number of fused-ring (bicyclic) bond motifs is 2. The Kier molecular flexibility index (Phi) is 5.03. The van der Waals surface area contributed by atoms with Crippen LogP contribution >= 0.6 is 22.7 Å². The molecule has 0 radical (unpaired) electrons. The number of carbonyl (C=O) groups excluding carboxylic acids is 2. The van der Waals surface area contributed by atoms with Gasteiger partial charge in [-0.3, -0.25) is 23.6 Å². The van der Waals surface area contributed by atoms with E-state index in [1.54, 1.807) is 13.1 Å². The molecule has 4 heterocycles. The predicted molar refractivity (Wildman–Crippen MR) is 120 cm³/mol. The van der Waals surface area contributed by atoms with Crippen molar-refractivity contribution >= 4 is 50.4 Å². The first-order chi connectivity index (χ1) is 15.0. The Hall–Kier alpha value is -3.11. The molecule has 0 aromatic carbocycles. The van der Waals surface area contributed by atoms with Crippen molar-refractivity contribution in [3.63, 3.8) is 0 Å². The van der Waals surface area contributed by atoms with E-state index in [0.717, 1.165) is 36.1 Å². The van der Waals surface area contributed by atoms with Crippen molar-refractivity contribution in [3.05, 3.63) is 61.3 Å². The van der Waals surface area contributed by atoms with Gasteiger partial charge in [-0.15, -0.1) is 22.7 Å². The maximum atomic E-state index is 13.2. The molecular weight excluding hydrogens is 434 g/mol. The van der Waals surface area contributed by atoms with Crippen LogP contribution in [0.3, 0.4) is 0 Å². The third-order valence-corrected chi connectivity index (χ3v) is 7.50. The quantitative estimate of drug-likeness (QED) is 0.469. The molecule has 1 aliphatic rings. The van der Waals surface area contributed by atoms with Crippen molar-refractivity contribution in [1.29, 1.82) is 0 Å². The molecule has 0 unspecified atom stereocenters. The molecule has 31 heavy (non-hydrogen) atoms. The van der Waals surface area contributed by atoms with Gasteiger partial charge in [-0.25, -0.2) is 4.98 Å². The Balaban J connectivity index is 1.45. The van der Waals surface area contributed by atoms with E-state index in [1.807, 2.05) is 11.4 Å². The number of amides is 1. The predicted octanol–water partition coefficient (Wildman–Crippen LogP) is 3.00. The Bertz CT molecular complexity index is 1360. The molecule has 0 aliphatic heterocycles. The first-order valence-electron chi connectivity index (χ1n) is 9.92. The zero-order valence-corrected chi connectivity index (χ0v) is 18.4. The molecule has 1 N–H and O–H groups in total. The minimum Gasteiger partial charge on any atom is -0.316 e. The summed E-state index contributed by atoms with van der Waals surface area (Å²) in [6.45, 7) is -0.189. The van der Waals surface area contributed by atoms with Gasteiger partial charge < -0.3 is 5.32 Å². The molecule has 1 aliphatic carbocycles. The minimum atomic E-state index is -0.369. The summed E-state index contributed by atoms with van der Waals surface area (Å²) < 4.78 is 2.77. The normalized spacial score (nSPS) is 13.3. The van der Waals surface area contributed by atoms with Crippen molar-refractivity contribution in [1.82, 2.24) is 19.3 Å². The molecule has 8 nitrogen and oxygen atoms in total. The fraction of sp³-hybridized carbons (Fsp3) is 0.286. The van der Waals surface area contributed by atoms with Crippen LogP contribution in [0, 0.1) is 0 Å². The number of hydrogen-bond acceptors (Lipinski definition) is 7. The number of nitrogens with zero attached hydrogens (tertiary/aromatic N) is 4. The van der Waals surface area contributed by atoms with Gasteiger partial charge in [-0.1, -0.05) is 6.07 Å². The molecule has 1 amide bonds. The van der Waals surface area contributed by atoms with Crippen molar-refractivity contribution < 1.29 is 9.59 Å². The number of ketones is 1. The number of hydrogen-bond donors (Lipinski definition) is 1. The van der Waals surface area contributed by atoms with Crippen LogP contribution in [0.5, 0.6) is 0 Å². The SMILES string of the molecule is Cn1ncc2c(=O)n(CC(=O)Nc3sc4c(c3C(=O)c3cccs3)CCCC4)cnc21. The van der Waals surface area contributed by atoms with E-state index in [9.17, 15) is 14.4 Å². The second-order valence-corrected chi connectivity index (χ2v) is 9.51. The molecule has 4 aromatic rings. The number of rotatable bonds is 5. The van der Waals surface area contributed by atoms with Gasteiger partial charge in [0.2, 0.25) is 11.7 Å². The van der Waals surface area contributed by atoms with Crippen LogP contribution in [0.25, 0.3) is 11.0 Å². The largest absolute Gasteiger partial charge is 0.316 e. The maximum Gasteiger partial charge on any atom is 0.264 e. The molecule has 5 rings (SSSR count). The lowest BCUT2D eigenvalue weighted by Crippen LogP contribution is -2.28. The molecule has 0 atom stereocenters. The van der Waals surface area contributed by atoms with E-state index in [-0.39, 0.29) is 23.8 Å². The smallest absolute Gasteiger partial charge is 0.264 e. The Morgan fingerprint density at radius 3 is 2.90 bits per heavy atom. The third-order valence-electron chi connectivity index (χ3n) is 5.43. The van der Waals surface area contributed by atoms with Crippen molar-refractivity contribution in [2.75, 3.05) is 5.32 Å². The lowest BCUT2D eigenvalue weighted by Gasteiger charge is -2.12. The molecule has 0 fully saturated rings. The van der Waals surface area contributed by atoms with Gasteiger partial charge in [0.15, 0.2) is 5.65 Å². The molecule has 158 valence electrons. The van der Waals surface area contributed by atoms with Crippen LogP contribution in [-0.4, -0.2) is 31.0 Å². The second-order valence-electron chi connectivity index (χ2n) is 7.45. The number of aromatic nitrogens is 4. The Labute approximate surface area is 185 Å². The highest BCUT2D eigenvalue weighted by Crippen LogP contribution is 2.39. The van der Waals surface area contributed by atoms with Gasteiger partial charge in [0.1, 0.15) is 23.3 Å². The van der Waals surface area contributed by atoms with Crippen LogP contribution < -0.4 is 10.9 Å². The summed E-state index contributed by atoms with van der Waals surface area (Å²) in [7, 11) is 1.70. The zero-order chi connectivity index (χ0) is 21.5. The van der Waals surface area contributed by atoms with Gasteiger partial charge >= 0.3 is 0 Å². The molecular formula is C21H19N5O3S2. The van der Waals surface area contributed by atoms with Crippen LogP contribution in [0.4, 0.5) is 5.00 Å². The van der Waals surface area contributed by atoms with E-state index in [4.69, 9.17) is 0 Å². The summed E-state index contributed by atoms with van der Waals surface area (Å²) in [5.41, 5.74) is 1.80. The number of carbonyl (C=O) groups is 2. The monoisotopic (exact) mass is 453 g/mol. The van der Waals surface area contributed by atoms with Gasteiger partial charge in [0.05, 0.1) is 16.6 Å². The molecule has 0 spiro atoms. The lowest BCUT2D eigenvalue weighted by atomic mass is 9.93. The molecule has 0 bridgehead atoms. The first kappa shape index (κ1) is 19.8. The Morgan fingerprint density at radius 2 is 2.10 bits per heavy atom. The van der Waals surface area contributed by atoms with E-state index in [2.05, 4.69) is 15.4 Å². The molecule has 0 saturated heterocycles. The first-order valence-corrected chi connectivity index (χ1v) is 11.6. The lowest BCUT2D eigenvalue weighted by molar-refractivity contribution is -0.116. The highest BCUT2D eigenvalue weighted by atomic mass is 32.1. The highest BCUT2D eigenvalue weighted by molar-refractivity contribution is 7.17. The standard InChI is InChI=1S/C21H19N5O3S2/c1-25-19-13(9-23-25)21(29)26(11-22-19)10-16(27)24-20-17(18(28)15-7-4-8-30-15)12-5-2-3-6-14(12)31-20/h4,7-9,11H,2-3,5-6,10H2,1H3,(H,24,27). The summed E-state index contributed by atoms with van der Waals surface area (Å²) in [6, 6.07) is 3.66. The van der Waals surface area contributed by atoms with E-state index in [1.165, 1.54) is 44.4 Å². The van der Waals surface area contributed by atoms with E-state index < -0.39 is 0 Å². The average molecular weight is 454 g/mol. The number of thiophene rings is 2. The van der Waals surface area contributed by atoms with Crippen molar-refractivity contribution in [3.8, 4) is 0 Å². The number of aryl methyl sites for hydroxylation is 2. The summed E-state index contributed by atoms with van der Waals surface area (Å²) in [5, 5.41) is 9.74. The summed E-state index contributed by atoms with van der Waals surface area (Å²) in [5.74, 6) is -0.425. The van der Waals surface area contributed by atoms with Gasteiger partial charge in [-0.05, 0) is 42.7 Å². The van der Waals surface area contributed by atoms with Gasteiger partial charge in [0, 0.05) is 11.9 Å².